The van der Waals surface area contributed by atoms with Gasteiger partial charge in [-0.25, -0.2) is 0 Å². The molecule has 0 fully saturated rings. The van der Waals surface area contributed by atoms with E-state index in [0.717, 1.165) is 25.7 Å². The molecule has 0 aliphatic heterocycles. The maximum absolute atomic E-state index is 12.5. The Morgan fingerprint density at radius 1 is 1.05 bits per heavy atom. The molecule has 2 unspecified atom stereocenters. The van der Waals surface area contributed by atoms with E-state index in [4.69, 9.17) is 15.5 Å². The van der Waals surface area contributed by atoms with Gasteiger partial charge in [-0.15, -0.1) is 6.42 Å². The first-order valence-electron chi connectivity index (χ1n) is 7.96. The molecule has 0 aliphatic rings. The molecule has 0 rings (SSSR count). The largest absolute Gasteiger partial charge is 0.331 e. The second kappa shape index (κ2) is 12.5. The van der Waals surface area contributed by atoms with E-state index in [-0.39, 0.29) is 0 Å². The van der Waals surface area contributed by atoms with E-state index >= 15 is 0 Å². The minimum Gasteiger partial charge on any atom is -0.309 e. The second-order valence-corrected chi connectivity index (χ2v) is 7.34. The van der Waals surface area contributed by atoms with Gasteiger partial charge in [0.25, 0.3) is 0 Å². The van der Waals surface area contributed by atoms with Crippen LogP contribution >= 0.6 is 7.60 Å². The van der Waals surface area contributed by atoms with Gasteiger partial charge in [-0.1, -0.05) is 58.3 Å². The van der Waals surface area contributed by atoms with Gasteiger partial charge >= 0.3 is 7.60 Å². The summed E-state index contributed by atoms with van der Waals surface area (Å²) in [6, 6.07) is 0. The highest BCUT2D eigenvalue weighted by Crippen LogP contribution is 2.50. The summed E-state index contributed by atoms with van der Waals surface area (Å²) in [5.74, 6) is 2.45. The Kier molecular flexibility index (Phi) is 12.3. The van der Waals surface area contributed by atoms with Gasteiger partial charge in [-0.2, -0.15) is 0 Å². The first-order valence-corrected chi connectivity index (χ1v) is 9.69. The van der Waals surface area contributed by atoms with Crippen molar-refractivity contribution in [3.8, 4) is 12.3 Å². The van der Waals surface area contributed by atoms with E-state index in [9.17, 15) is 4.57 Å². The fraction of sp³-hybridized carbons (Fsp3) is 0.875. The first kappa shape index (κ1) is 19.7. The maximum atomic E-state index is 12.5. The molecule has 0 aromatic carbocycles. The number of terminal acetylenes is 1. The molecule has 0 aromatic rings. The lowest BCUT2D eigenvalue weighted by Gasteiger charge is -2.20. The zero-order chi connectivity index (χ0) is 15.3. The van der Waals surface area contributed by atoms with Crippen molar-refractivity contribution in [2.24, 2.45) is 0 Å². The van der Waals surface area contributed by atoms with E-state index in [1.807, 2.05) is 0 Å². The van der Waals surface area contributed by atoms with E-state index in [0.29, 0.717) is 12.8 Å². The summed E-state index contributed by atoms with van der Waals surface area (Å²) in [4.78, 5) is 0. The van der Waals surface area contributed by atoms with Gasteiger partial charge in [0.15, 0.2) is 0 Å². The molecule has 0 heterocycles. The molecule has 20 heavy (non-hydrogen) atoms. The normalized spacial score (nSPS) is 15.5. The summed E-state index contributed by atoms with van der Waals surface area (Å²) in [5.41, 5.74) is 0. The third-order valence-electron chi connectivity index (χ3n) is 3.12. The summed E-state index contributed by atoms with van der Waals surface area (Å²) in [7, 11) is -3.01. The lowest BCUT2D eigenvalue weighted by atomic mass is 10.1. The van der Waals surface area contributed by atoms with Crippen molar-refractivity contribution >= 4 is 7.60 Å². The highest BCUT2D eigenvalue weighted by molar-refractivity contribution is 7.53. The van der Waals surface area contributed by atoms with Gasteiger partial charge in [-0.3, -0.25) is 9.09 Å². The van der Waals surface area contributed by atoms with Crippen molar-refractivity contribution in [1.82, 2.24) is 0 Å². The van der Waals surface area contributed by atoms with E-state index in [1.54, 1.807) is 6.92 Å². The molecule has 0 saturated heterocycles. The number of hydrogen-bond acceptors (Lipinski definition) is 3. The zero-order valence-corrected chi connectivity index (χ0v) is 14.3. The van der Waals surface area contributed by atoms with Crippen LogP contribution in [0.4, 0.5) is 0 Å². The molecule has 0 aromatic heterocycles. The molecular formula is C16H31O3P. The minimum absolute atomic E-state index is 0.456. The van der Waals surface area contributed by atoms with Crippen LogP contribution < -0.4 is 0 Å². The van der Waals surface area contributed by atoms with Crippen LogP contribution in [-0.4, -0.2) is 18.9 Å². The summed E-state index contributed by atoms with van der Waals surface area (Å²) in [5, 5.41) is 0. The Morgan fingerprint density at radius 3 is 2.25 bits per heavy atom. The van der Waals surface area contributed by atoms with Crippen LogP contribution in [0.15, 0.2) is 0 Å². The highest BCUT2D eigenvalue weighted by Gasteiger charge is 2.25. The molecule has 0 aliphatic carbocycles. The van der Waals surface area contributed by atoms with Crippen molar-refractivity contribution in [2.45, 2.75) is 78.2 Å². The Balaban J connectivity index is 3.98. The summed E-state index contributed by atoms with van der Waals surface area (Å²) < 4.78 is 23.5. The molecule has 0 radical (unpaired) electrons. The molecule has 2 atom stereocenters. The predicted molar refractivity (Wildman–Crippen MR) is 86.1 cm³/mol. The molecule has 3 nitrogen and oxygen atoms in total. The zero-order valence-electron chi connectivity index (χ0n) is 13.4. The average Bonchev–Trinajstić information content (AvgIpc) is 2.44. The van der Waals surface area contributed by atoms with Crippen LogP contribution in [0.1, 0.15) is 72.1 Å². The molecule has 0 saturated carbocycles. The monoisotopic (exact) mass is 302 g/mol. The van der Waals surface area contributed by atoms with Gasteiger partial charge in [0.1, 0.15) is 6.10 Å². The Hall–Kier alpha value is -0.290. The van der Waals surface area contributed by atoms with Gasteiger partial charge in [0.2, 0.25) is 0 Å². The maximum Gasteiger partial charge on any atom is 0.331 e. The lowest BCUT2D eigenvalue weighted by molar-refractivity contribution is 0.183. The Labute approximate surface area is 125 Å². The lowest BCUT2D eigenvalue weighted by Crippen LogP contribution is -2.08. The SMILES string of the molecule is C#CC(C)OP(=O)(CCCC)OCCCCCCCC. The van der Waals surface area contributed by atoms with Gasteiger partial charge in [0, 0.05) is 0 Å². The van der Waals surface area contributed by atoms with Crippen molar-refractivity contribution in [1.29, 1.82) is 0 Å². The highest BCUT2D eigenvalue weighted by atomic mass is 31.2. The van der Waals surface area contributed by atoms with Crippen LogP contribution in [0.25, 0.3) is 0 Å². The number of hydrogen-bond donors (Lipinski definition) is 0. The van der Waals surface area contributed by atoms with E-state index in [1.165, 1.54) is 25.7 Å². The molecule has 0 spiro atoms. The van der Waals surface area contributed by atoms with E-state index in [2.05, 4.69) is 19.8 Å². The number of rotatable bonds is 13. The van der Waals surface area contributed by atoms with Crippen LogP contribution in [0, 0.1) is 12.3 Å². The van der Waals surface area contributed by atoms with Gasteiger partial charge in [0.05, 0.1) is 12.8 Å². The van der Waals surface area contributed by atoms with Crippen LogP contribution in [0.3, 0.4) is 0 Å². The fourth-order valence-corrected chi connectivity index (χ4v) is 3.81. The molecule has 0 bridgehead atoms. The van der Waals surface area contributed by atoms with E-state index < -0.39 is 13.7 Å². The summed E-state index contributed by atoms with van der Waals surface area (Å²) in [6.07, 6.45) is 14.2. The summed E-state index contributed by atoms with van der Waals surface area (Å²) in [6.45, 7) is 6.50. The standard InChI is InChI=1S/C16H31O3P/c1-5-8-10-11-12-13-14-18-20(17,15-9-6-2)19-16(4)7-3/h3,16H,5-6,8-15H2,1-2,4H3. The third-order valence-corrected chi connectivity index (χ3v) is 5.20. The average molecular weight is 302 g/mol. The number of unbranched alkanes of at least 4 members (excludes halogenated alkanes) is 6. The van der Waals surface area contributed by atoms with Crippen molar-refractivity contribution in [3.05, 3.63) is 0 Å². The van der Waals surface area contributed by atoms with Crippen LogP contribution in [0.5, 0.6) is 0 Å². The third kappa shape index (κ3) is 10.5. The van der Waals surface area contributed by atoms with Gasteiger partial charge < -0.3 is 4.52 Å². The molecular weight excluding hydrogens is 271 g/mol. The quantitative estimate of drug-likeness (QED) is 0.260. The van der Waals surface area contributed by atoms with Gasteiger partial charge in [-0.05, 0) is 19.8 Å². The molecule has 118 valence electrons. The van der Waals surface area contributed by atoms with Crippen LogP contribution in [-0.2, 0) is 13.6 Å². The Bertz CT molecular complexity index is 309. The topological polar surface area (TPSA) is 35.5 Å². The molecule has 0 N–H and O–H groups in total. The second-order valence-electron chi connectivity index (χ2n) is 5.20. The van der Waals surface area contributed by atoms with Crippen LogP contribution in [0.2, 0.25) is 0 Å². The fourth-order valence-electron chi connectivity index (χ4n) is 1.86. The summed E-state index contributed by atoms with van der Waals surface area (Å²) >= 11 is 0. The Morgan fingerprint density at radius 2 is 1.65 bits per heavy atom. The molecule has 0 amide bonds. The predicted octanol–water partition coefficient (Wildman–Crippen LogP) is 5.40. The van der Waals surface area contributed by atoms with Crippen molar-refractivity contribution in [3.63, 3.8) is 0 Å². The van der Waals surface area contributed by atoms with Crippen molar-refractivity contribution in [2.75, 3.05) is 12.8 Å². The minimum atomic E-state index is -3.01. The smallest absolute Gasteiger partial charge is 0.309 e. The first-order chi connectivity index (χ1) is 9.58. The molecule has 4 heteroatoms. The van der Waals surface area contributed by atoms with Crippen molar-refractivity contribution < 1.29 is 13.6 Å².